The standard InChI is InChI=1S/C21H45N/c1-6-11-14-19(9-4)17-21(22,16-13-8-3)18-20(10-5)15-12-7-2/h19-20H,6-18,22H2,1-5H3. The molecule has 0 rings (SSSR count). The molecule has 0 fully saturated rings. The lowest BCUT2D eigenvalue weighted by atomic mass is 9.74. The Morgan fingerprint density at radius 1 is 0.682 bits per heavy atom. The van der Waals surface area contributed by atoms with Crippen LogP contribution < -0.4 is 5.73 Å². The van der Waals surface area contributed by atoms with Crippen molar-refractivity contribution in [3.63, 3.8) is 0 Å². The highest BCUT2D eigenvalue weighted by Crippen LogP contribution is 2.33. The highest BCUT2D eigenvalue weighted by atomic mass is 14.7. The summed E-state index contributed by atoms with van der Waals surface area (Å²) in [4.78, 5) is 0. The summed E-state index contributed by atoms with van der Waals surface area (Å²) in [6.45, 7) is 11.6. The van der Waals surface area contributed by atoms with Crippen molar-refractivity contribution < 1.29 is 0 Å². The van der Waals surface area contributed by atoms with E-state index in [0.29, 0.717) is 0 Å². The van der Waals surface area contributed by atoms with Crippen LogP contribution in [0.1, 0.15) is 118 Å². The van der Waals surface area contributed by atoms with Crippen molar-refractivity contribution in [2.75, 3.05) is 0 Å². The van der Waals surface area contributed by atoms with Gasteiger partial charge in [-0.3, -0.25) is 0 Å². The van der Waals surface area contributed by atoms with Crippen LogP contribution in [0.2, 0.25) is 0 Å². The summed E-state index contributed by atoms with van der Waals surface area (Å²) in [5, 5.41) is 0. The molecule has 0 aromatic heterocycles. The molecule has 0 aromatic carbocycles. The minimum absolute atomic E-state index is 0.0961. The van der Waals surface area contributed by atoms with Gasteiger partial charge in [0.05, 0.1) is 0 Å². The molecule has 0 saturated heterocycles. The highest BCUT2D eigenvalue weighted by molar-refractivity contribution is 4.88. The van der Waals surface area contributed by atoms with Gasteiger partial charge >= 0.3 is 0 Å². The number of unbranched alkanes of at least 4 members (excludes halogenated alkanes) is 3. The van der Waals surface area contributed by atoms with Gasteiger partial charge in [-0.25, -0.2) is 0 Å². The van der Waals surface area contributed by atoms with E-state index in [9.17, 15) is 0 Å². The Hall–Kier alpha value is -0.0400. The van der Waals surface area contributed by atoms with Crippen LogP contribution in [0.25, 0.3) is 0 Å². The fourth-order valence-corrected chi connectivity index (χ4v) is 3.85. The summed E-state index contributed by atoms with van der Waals surface area (Å²) in [6.07, 6.45) is 17.1. The molecule has 0 saturated carbocycles. The predicted octanol–water partition coefficient (Wildman–Crippen LogP) is 7.09. The van der Waals surface area contributed by atoms with Crippen LogP contribution in [0.3, 0.4) is 0 Å². The second kappa shape index (κ2) is 13.4. The molecule has 0 amide bonds. The van der Waals surface area contributed by atoms with Crippen LogP contribution in [-0.4, -0.2) is 5.54 Å². The molecule has 2 unspecified atom stereocenters. The number of hydrogen-bond acceptors (Lipinski definition) is 1. The van der Waals surface area contributed by atoms with E-state index in [4.69, 9.17) is 5.73 Å². The van der Waals surface area contributed by atoms with Crippen molar-refractivity contribution in [3.05, 3.63) is 0 Å². The van der Waals surface area contributed by atoms with Gasteiger partial charge in [0, 0.05) is 5.54 Å². The molecular weight excluding hydrogens is 266 g/mol. The average Bonchev–Trinajstić information content (AvgIpc) is 2.53. The van der Waals surface area contributed by atoms with E-state index in [1.165, 1.54) is 83.5 Å². The summed E-state index contributed by atoms with van der Waals surface area (Å²) in [5.74, 6) is 1.68. The fourth-order valence-electron chi connectivity index (χ4n) is 3.85. The van der Waals surface area contributed by atoms with E-state index in [2.05, 4.69) is 34.6 Å². The normalized spacial score (nSPS) is 17.2. The van der Waals surface area contributed by atoms with Crippen LogP contribution in [-0.2, 0) is 0 Å². The third kappa shape index (κ3) is 9.87. The largest absolute Gasteiger partial charge is 0.325 e. The summed E-state index contributed by atoms with van der Waals surface area (Å²) < 4.78 is 0. The third-order valence-corrected chi connectivity index (χ3v) is 5.51. The Kier molecular flexibility index (Phi) is 13.4. The molecule has 1 nitrogen and oxygen atoms in total. The lowest BCUT2D eigenvalue weighted by Gasteiger charge is -2.36. The van der Waals surface area contributed by atoms with Crippen LogP contribution in [0.5, 0.6) is 0 Å². The van der Waals surface area contributed by atoms with E-state index < -0.39 is 0 Å². The van der Waals surface area contributed by atoms with Gasteiger partial charge in [0.2, 0.25) is 0 Å². The first-order valence-electron chi connectivity index (χ1n) is 10.3. The Bertz CT molecular complexity index is 218. The van der Waals surface area contributed by atoms with Crippen LogP contribution >= 0.6 is 0 Å². The van der Waals surface area contributed by atoms with Crippen molar-refractivity contribution in [1.29, 1.82) is 0 Å². The van der Waals surface area contributed by atoms with Crippen molar-refractivity contribution >= 4 is 0 Å². The molecule has 0 aliphatic heterocycles. The number of nitrogens with two attached hydrogens (primary N) is 1. The van der Waals surface area contributed by atoms with Gasteiger partial charge < -0.3 is 5.73 Å². The second-order valence-corrected chi connectivity index (χ2v) is 7.71. The smallest absolute Gasteiger partial charge is 0.0159 e. The molecule has 1 heteroatoms. The molecule has 0 aliphatic carbocycles. The summed E-state index contributed by atoms with van der Waals surface area (Å²) in [7, 11) is 0. The molecule has 0 radical (unpaired) electrons. The Morgan fingerprint density at radius 2 is 1.09 bits per heavy atom. The first kappa shape index (κ1) is 22.0. The first-order chi connectivity index (χ1) is 10.5. The van der Waals surface area contributed by atoms with Gasteiger partial charge in [0.15, 0.2) is 0 Å². The van der Waals surface area contributed by atoms with E-state index in [-0.39, 0.29) is 5.54 Å². The zero-order valence-electron chi connectivity index (χ0n) is 16.4. The maximum Gasteiger partial charge on any atom is 0.0159 e. The minimum atomic E-state index is 0.0961. The Morgan fingerprint density at radius 3 is 1.41 bits per heavy atom. The monoisotopic (exact) mass is 311 g/mol. The number of rotatable bonds is 15. The highest BCUT2D eigenvalue weighted by Gasteiger charge is 2.30. The molecule has 2 atom stereocenters. The zero-order chi connectivity index (χ0) is 16.8. The molecule has 0 heterocycles. The molecule has 2 N–H and O–H groups in total. The Labute approximate surface area is 141 Å². The van der Waals surface area contributed by atoms with Gasteiger partial charge in [0.25, 0.3) is 0 Å². The molecule has 0 spiro atoms. The fraction of sp³-hybridized carbons (Fsp3) is 1.00. The van der Waals surface area contributed by atoms with E-state index in [0.717, 1.165) is 11.8 Å². The van der Waals surface area contributed by atoms with Gasteiger partial charge in [0.1, 0.15) is 0 Å². The average molecular weight is 312 g/mol. The maximum atomic E-state index is 6.98. The Balaban J connectivity index is 4.71. The molecule has 22 heavy (non-hydrogen) atoms. The molecule has 134 valence electrons. The first-order valence-corrected chi connectivity index (χ1v) is 10.3. The second-order valence-electron chi connectivity index (χ2n) is 7.71. The van der Waals surface area contributed by atoms with Crippen LogP contribution in [0.15, 0.2) is 0 Å². The minimum Gasteiger partial charge on any atom is -0.325 e. The van der Waals surface area contributed by atoms with Crippen LogP contribution in [0, 0.1) is 11.8 Å². The molecule has 0 aliphatic rings. The molecule has 0 bridgehead atoms. The lowest BCUT2D eigenvalue weighted by Crippen LogP contribution is -2.43. The zero-order valence-corrected chi connectivity index (χ0v) is 16.4. The summed E-state index contributed by atoms with van der Waals surface area (Å²) in [5.41, 5.74) is 7.08. The van der Waals surface area contributed by atoms with E-state index in [1.807, 2.05) is 0 Å². The molecule has 0 aromatic rings. The predicted molar refractivity (Wildman–Crippen MR) is 102 cm³/mol. The van der Waals surface area contributed by atoms with Crippen molar-refractivity contribution in [2.24, 2.45) is 17.6 Å². The van der Waals surface area contributed by atoms with E-state index >= 15 is 0 Å². The van der Waals surface area contributed by atoms with Crippen molar-refractivity contribution in [1.82, 2.24) is 0 Å². The topological polar surface area (TPSA) is 26.0 Å². The number of hydrogen-bond donors (Lipinski definition) is 1. The maximum absolute atomic E-state index is 6.98. The van der Waals surface area contributed by atoms with Gasteiger partial charge in [-0.15, -0.1) is 0 Å². The van der Waals surface area contributed by atoms with E-state index in [1.54, 1.807) is 0 Å². The SMILES string of the molecule is CCCCC(CC)CC(N)(CCCC)CC(CC)CCCC. The van der Waals surface area contributed by atoms with Gasteiger partial charge in [-0.05, 0) is 31.1 Å². The van der Waals surface area contributed by atoms with Gasteiger partial charge in [-0.1, -0.05) is 98.8 Å². The summed E-state index contributed by atoms with van der Waals surface area (Å²) in [6, 6.07) is 0. The van der Waals surface area contributed by atoms with Crippen LogP contribution in [0.4, 0.5) is 0 Å². The molecular formula is C21H45N. The third-order valence-electron chi connectivity index (χ3n) is 5.51. The van der Waals surface area contributed by atoms with Gasteiger partial charge in [-0.2, -0.15) is 0 Å². The van der Waals surface area contributed by atoms with Crippen molar-refractivity contribution in [2.45, 2.75) is 124 Å². The lowest BCUT2D eigenvalue weighted by molar-refractivity contribution is 0.214. The summed E-state index contributed by atoms with van der Waals surface area (Å²) >= 11 is 0. The quantitative estimate of drug-likeness (QED) is 0.343. The van der Waals surface area contributed by atoms with Crippen molar-refractivity contribution in [3.8, 4) is 0 Å².